The van der Waals surface area contributed by atoms with Crippen molar-refractivity contribution < 1.29 is 13.2 Å². The Bertz CT molecular complexity index is 1030. The molecule has 0 aliphatic heterocycles. The third-order valence-corrected chi connectivity index (χ3v) is 5.62. The van der Waals surface area contributed by atoms with E-state index in [0.717, 1.165) is 16.9 Å². The highest BCUT2D eigenvalue weighted by atomic mass is 32.2. The molecule has 0 saturated heterocycles. The zero-order chi connectivity index (χ0) is 20.1. The minimum absolute atomic E-state index is 0.236. The Kier molecular flexibility index (Phi) is 6.31. The fourth-order valence-corrected chi connectivity index (χ4v) is 3.80. The van der Waals surface area contributed by atoms with Crippen molar-refractivity contribution in [2.24, 2.45) is 5.92 Å². The summed E-state index contributed by atoms with van der Waals surface area (Å²) in [4.78, 5) is 4.60. The molecule has 7 nitrogen and oxygen atoms in total. The van der Waals surface area contributed by atoms with E-state index in [1.807, 2.05) is 19.2 Å². The maximum Gasteiger partial charge on any atom is 0.240 e. The number of benzene rings is 1. The summed E-state index contributed by atoms with van der Waals surface area (Å²) in [6, 6.07) is 8.41. The van der Waals surface area contributed by atoms with Gasteiger partial charge in [-0.2, -0.15) is 5.10 Å². The van der Waals surface area contributed by atoms with Gasteiger partial charge in [0.1, 0.15) is 5.75 Å². The van der Waals surface area contributed by atoms with E-state index in [1.54, 1.807) is 35.0 Å². The molecule has 0 radical (unpaired) electrons. The molecule has 0 bridgehead atoms. The van der Waals surface area contributed by atoms with Crippen molar-refractivity contribution in [3.05, 3.63) is 54.0 Å². The van der Waals surface area contributed by atoms with Crippen LogP contribution in [0.25, 0.3) is 5.65 Å². The number of hydrogen-bond acceptors (Lipinski definition) is 5. The largest absolute Gasteiger partial charge is 0.493 e. The van der Waals surface area contributed by atoms with Crippen molar-refractivity contribution in [2.75, 3.05) is 13.2 Å². The first-order valence-corrected chi connectivity index (χ1v) is 10.9. The van der Waals surface area contributed by atoms with Gasteiger partial charge in [-0.15, -0.1) is 0 Å². The molecule has 150 valence electrons. The van der Waals surface area contributed by atoms with Crippen LogP contribution in [-0.2, 0) is 16.4 Å². The summed E-state index contributed by atoms with van der Waals surface area (Å²) in [5.74, 6) is 1.09. The van der Waals surface area contributed by atoms with Gasteiger partial charge in [-0.3, -0.25) is 0 Å². The quantitative estimate of drug-likeness (QED) is 0.556. The van der Waals surface area contributed by atoms with Crippen LogP contribution in [0.4, 0.5) is 0 Å². The van der Waals surface area contributed by atoms with Crippen LogP contribution in [0.1, 0.15) is 31.5 Å². The first kappa shape index (κ1) is 20.3. The van der Waals surface area contributed by atoms with Gasteiger partial charge in [0, 0.05) is 25.0 Å². The molecule has 1 aromatic carbocycles. The number of ether oxygens (including phenoxy) is 1. The van der Waals surface area contributed by atoms with Gasteiger partial charge in [0.15, 0.2) is 5.65 Å². The van der Waals surface area contributed by atoms with E-state index in [9.17, 15) is 8.42 Å². The summed E-state index contributed by atoms with van der Waals surface area (Å²) in [5, 5.41) is 4.34. The average Bonchev–Trinajstić information content (AvgIpc) is 3.03. The molecule has 0 amide bonds. The molecule has 0 fully saturated rings. The third-order valence-electron chi connectivity index (χ3n) is 4.14. The van der Waals surface area contributed by atoms with Crippen LogP contribution >= 0.6 is 0 Å². The zero-order valence-electron chi connectivity index (χ0n) is 16.4. The summed E-state index contributed by atoms with van der Waals surface area (Å²) >= 11 is 0. The van der Waals surface area contributed by atoms with Crippen LogP contribution in [0.3, 0.4) is 0 Å². The molecule has 3 rings (SSSR count). The van der Waals surface area contributed by atoms with Gasteiger partial charge >= 0.3 is 0 Å². The molecule has 8 heteroatoms. The van der Waals surface area contributed by atoms with Crippen LogP contribution in [0.2, 0.25) is 0 Å². The molecule has 2 aromatic heterocycles. The van der Waals surface area contributed by atoms with Crippen LogP contribution in [0.5, 0.6) is 5.75 Å². The molecule has 0 aliphatic carbocycles. The van der Waals surface area contributed by atoms with Gasteiger partial charge in [0.25, 0.3) is 0 Å². The predicted octanol–water partition coefficient (Wildman–Crippen LogP) is 2.98. The lowest BCUT2D eigenvalue weighted by Gasteiger charge is -2.10. The Morgan fingerprint density at radius 3 is 2.68 bits per heavy atom. The van der Waals surface area contributed by atoms with Crippen LogP contribution in [-0.4, -0.2) is 36.2 Å². The number of rotatable bonds is 9. The van der Waals surface area contributed by atoms with Gasteiger partial charge in [-0.05, 0) is 55.5 Å². The second-order valence-electron chi connectivity index (χ2n) is 7.23. The standard InChI is InChI=1S/C20H26N4O3S/c1-15(2)14-27-18-6-8-19(9-7-18)28(25,26)22-10-4-5-17-12-21-20-11-16(3)23-24(20)13-17/h6-9,11-13,15,22H,4-5,10,14H2,1-3H3. The minimum atomic E-state index is -3.53. The van der Waals surface area contributed by atoms with E-state index in [1.165, 1.54) is 0 Å². The topological polar surface area (TPSA) is 85.6 Å². The molecule has 0 saturated carbocycles. The molecule has 0 unspecified atom stereocenters. The van der Waals surface area contributed by atoms with Gasteiger partial charge in [-0.25, -0.2) is 22.6 Å². The molecule has 0 aliphatic rings. The van der Waals surface area contributed by atoms with Crippen molar-refractivity contribution in [3.63, 3.8) is 0 Å². The number of nitrogens with zero attached hydrogens (tertiary/aromatic N) is 3. The lowest BCUT2D eigenvalue weighted by molar-refractivity contribution is 0.271. The molecule has 0 atom stereocenters. The van der Waals surface area contributed by atoms with Gasteiger partial charge in [-0.1, -0.05) is 13.8 Å². The second-order valence-corrected chi connectivity index (χ2v) is 9.00. The lowest BCUT2D eigenvalue weighted by Crippen LogP contribution is -2.25. The van der Waals surface area contributed by atoms with Crippen molar-refractivity contribution in [2.45, 2.75) is 38.5 Å². The first-order chi connectivity index (χ1) is 13.3. The summed E-state index contributed by atoms with van der Waals surface area (Å²) in [5.41, 5.74) is 2.74. The zero-order valence-corrected chi connectivity index (χ0v) is 17.2. The fraction of sp³-hybridized carbons (Fsp3) is 0.400. The van der Waals surface area contributed by atoms with Crippen molar-refractivity contribution >= 4 is 15.7 Å². The second kappa shape index (κ2) is 8.70. The van der Waals surface area contributed by atoms with E-state index >= 15 is 0 Å². The molecule has 2 heterocycles. The predicted molar refractivity (Wildman–Crippen MR) is 108 cm³/mol. The number of hydrogen-bond donors (Lipinski definition) is 1. The fourth-order valence-electron chi connectivity index (χ4n) is 2.72. The Balaban J connectivity index is 1.51. The Morgan fingerprint density at radius 1 is 1.21 bits per heavy atom. The SMILES string of the molecule is Cc1cc2ncc(CCCNS(=O)(=O)c3ccc(OCC(C)C)cc3)cn2n1. The van der Waals surface area contributed by atoms with E-state index in [2.05, 4.69) is 28.7 Å². The third kappa shape index (κ3) is 5.30. The highest BCUT2D eigenvalue weighted by Gasteiger charge is 2.13. The monoisotopic (exact) mass is 402 g/mol. The van der Waals surface area contributed by atoms with Gasteiger partial charge in [0.05, 0.1) is 17.2 Å². The molecule has 0 spiro atoms. The normalized spacial score (nSPS) is 12.0. The molecule has 3 aromatic rings. The van der Waals surface area contributed by atoms with E-state index in [4.69, 9.17) is 4.74 Å². The van der Waals surface area contributed by atoms with E-state index in [-0.39, 0.29) is 4.90 Å². The molecular weight excluding hydrogens is 376 g/mol. The van der Waals surface area contributed by atoms with Crippen molar-refractivity contribution in [1.82, 2.24) is 19.3 Å². The number of fused-ring (bicyclic) bond motifs is 1. The molecule has 28 heavy (non-hydrogen) atoms. The van der Waals surface area contributed by atoms with E-state index in [0.29, 0.717) is 37.7 Å². The van der Waals surface area contributed by atoms with Crippen LogP contribution in [0, 0.1) is 12.8 Å². The van der Waals surface area contributed by atoms with E-state index < -0.39 is 10.0 Å². The summed E-state index contributed by atoms with van der Waals surface area (Å²) in [7, 11) is -3.53. The summed E-state index contributed by atoms with van der Waals surface area (Å²) < 4.78 is 34.8. The number of aryl methyl sites for hydroxylation is 2. The van der Waals surface area contributed by atoms with Crippen LogP contribution < -0.4 is 9.46 Å². The lowest BCUT2D eigenvalue weighted by atomic mass is 10.2. The maximum absolute atomic E-state index is 12.4. The number of sulfonamides is 1. The minimum Gasteiger partial charge on any atom is -0.493 e. The van der Waals surface area contributed by atoms with Crippen molar-refractivity contribution in [1.29, 1.82) is 0 Å². The molecular formula is C20H26N4O3S. The highest BCUT2D eigenvalue weighted by Crippen LogP contribution is 2.16. The van der Waals surface area contributed by atoms with Gasteiger partial charge in [0.2, 0.25) is 10.0 Å². The number of nitrogens with one attached hydrogen (secondary N) is 1. The maximum atomic E-state index is 12.4. The molecule has 1 N–H and O–H groups in total. The first-order valence-electron chi connectivity index (χ1n) is 9.37. The van der Waals surface area contributed by atoms with Gasteiger partial charge < -0.3 is 4.74 Å². The Morgan fingerprint density at radius 2 is 1.96 bits per heavy atom. The van der Waals surface area contributed by atoms with Crippen LogP contribution in [0.15, 0.2) is 47.6 Å². The Hall–Kier alpha value is -2.45. The smallest absolute Gasteiger partial charge is 0.240 e. The number of aromatic nitrogens is 3. The summed E-state index contributed by atoms with van der Waals surface area (Å²) in [6.07, 6.45) is 5.12. The summed E-state index contributed by atoms with van der Waals surface area (Å²) in [6.45, 7) is 7.00. The average molecular weight is 403 g/mol. The van der Waals surface area contributed by atoms with Crippen molar-refractivity contribution in [3.8, 4) is 5.75 Å². The Labute approximate surface area is 165 Å². The highest BCUT2D eigenvalue weighted by molar-refractivity contribution is 7.89.